The van der Waals surface area contributed by atoms with Crippen LogP contribution in [0.1, 0.15) is 39.5 Å². The van der Waals surface area contributed by atoms with Gasteiger partial charge >= 0.3 is 0 Å². The van der Waals surface area contributed by atoms with Gasteiger partial charge in [0.2, 0.25) is 0 Å². The fourth-order valence-electron chi connectivity index (χ4n) is 0.889. The minimum Gasteiger partial charge on any atom is -0.393 e. The molecule has 64 valence electrons. The standard InChI is InChI=1S/C9H17NO/c1-3-8(2)11-10-7-9-5-4-6-9/h7-9H,3-6H2,1-2H3. The summed E-state index contributed by atoms with van der Waals surface area (Å²) in [4.78, 5) is 5.17. The van der Waals surface area contributed by atoms with Crippen molar-refractivity contribution < 1.29 is 4.84 Å². The van der Waals surface area contributed by atoms with Crippen LogP contribution in [-0.2, 0) is 4.84 Å². The molecule has 2 nitrogen and oxygen atoms in total. The number of nitrogens with zero attached hydrogens (tertiary/aromatic N) is 1. The van der Waals surface area contributed by atoms with Crippen LogP contribution in [0.3, 0.4) is 0 Å². The van der Waals surface area contributed by atoms with Gasteiger partial charge < -0.3 is 4.84 Å². The summed E-state index contributed by atoms with van der Waals surface area (Å²) in [5.41, 5.74) is 0. The molecule has 0 heterocycles. The van der Waals surface area contributed by atoms with Crippen molar-refractivity contribution >= 4 is 6.21 Å². The molecule has 11 heavy (non-hydrogen) atoms. The lowest BCUT2D eigenvalue weighted by atomic mass is 9.87. The van der Waals surface area contributed by atoms with Crippen LogP contribution in [0.2, 0.25) is 0 Å². The first kappa shape index (κ1) is 8.57. The zero-order valence-electron chi connectivity index (χ0n) is 7.42. The molecule has 0 aromatic heterocycles. The second kappa shape index (κ2) is 4.37. The third kappa shape index (κ3) is 2.91. The Bertz CT molecular complexity index is 130. The molecule has 1 saturated carbocycles. The van der Waals surface area contributed by atoms with Crippen molar-refractivity contribution in [2.24, 2.45) is 11.1 Å². The molecule has 0 amide bonds. The van der Waals surface area contributed by atoms with E-state index in [1.54, 1.807) is 0 Å². The first-order valence-electron chi connectivity index (χ1n) is 4.52. The highest BCUT2D eigenvalue weighted by atomic mass is 16.6. The average Bonchev–Trinajstić information content (AvgIpc) is 1.94. The summed E-state index contributed by atoms with van der Waals surface area (Å²) in [6.07, 6.45) is 7.21. The highest BCUT2D eigenvalue weighted by Crippen LogP contribution is 2.24. The minimum absolute atomic E-state index is 0.270. The van der Waals surface area contributed by atoms with Gasteiger partial charge in [0.1, 0.15) is 6.10 Å². The highest BCUT2D eigenvalue weighted by molar-refractivity contribution is 5.60. The maximum absolute atomic E-state index is 5.17. The van der Waals surface area contributed by atoms with Crippen LogP contribution < -0.4 is 0 Å². The lowest BCUT2D eigenvalue weighted by molar-refractivity contribution is 0.0695. The molecule has 2 heteroatoms. The van der Waals surface area contributed by atoms with Crippen LogP contribution in [-0.4, -0.2) is 12.3 Å². The quantitative estimate of drug-likeness (QED) is 0.451. The van der Waals surface area contributed by atoms with Crippen LogP contribution >= 0.6 is 0 Å². The smallest absolute Gasteiger partial charge is 0.124 e. The third-order valence-corrected chi connectivity index (χ3v) is 2.24. The van der Waals surface area contributed by atoms with Gasteiger partial charge in [0.05, 0.1) is 0 Å². The van der Waals surface area contributed by atoms with Crippen molar-refractivity contribution in [3.05, 3.63) is 0 Å². The van der Waals surface area contributed by atoms with Crippen molar-refractivity contribution in [1.29, 1.82) is 0 Å². The molecule has 0 aromatic rings. The van der Waals surface area contributed by atoms with E-state index in [1.165, 1.54) is 19.3 Å². The molecule has 0 N–H and O–H groups in total. The Morgan fingerprint density at radius 2 is 2.36 bits per heavy atom. The van der Waals surface area contributed by atoms with Gasteiger partial charge in [-0.1, -0.05) is 18.5 Å². The van der Waals surface area contributed by atoms with Gasteiger partial charge in [-0.25, -0.2) is 0 Å². The van der Waals surface area contributed by atoms with E-state index in [2.05, 4.69) is 12.1 Å². The SMILES string of the molecule is CCC(C)ON=CC1CCC1. The Labute approximate surface area is 68.6 Å². The van der Waals surface area contributed by atoms with E-state index in [-0.39, 0.29) is 6.10 Å². The lowest BCUT2D eigenvalue weighted by Gasteiger charge is -2.20. The third-order valence-electron chi connectivity index (χ3n) is 2.24. The summed E-state index contributed by atoms with van der Waals surface area (Å²) in [6.45, 7) is 4.14. The fraction of sp³-hybridized carbons (Fsp3) is 0.889. The molecule has 0 radical (unpaired) electrons. The first-order chi connectivity index (χ1) is 5.33. The molecule has 1 atom stereocenters. The topological polar surface area (TPSA) is 21.6 Å². The molecular weight excluding hydrogens is 138 g/mol. The fourth-order valence-corrected chi connectivity index (χ4v) is 0.889. The van der Waals surface area contributed by atoms with Crippen molar-refractivity contribution in [1.82, 2.24) is 0 Å². The molecule has 0 aliphatic heterocycles. The summed E-state index contributed by atoms with van der Waals surface area (Å²) in [7, 11) is 0. The van der Waals surface area contributed by atoms with E-state index in [0.717, 1.165) is 6.42 Å². The molecule has 1 aliphatic carbocycles. The van der Waals surface area contributed by atoms with E-state index in [9.17, 15) is 0 Å². The van der Waals surface area contributed by atoms with Crippen LogP contribution in [0.15, 0.2) is 5.16 Å². The highest BCUT2D eigenvalue weighted by Gasteiger charge is 2.14. The Morgan fingerprint density at radius 1 is 1.64 bits per heavy atom. The average molecular weight is 155 g/mol. The van der Waals surface area contributed by atoms with E-state index < -0.39 is 0 Å². The van der Waals surface area contributed by atoms with Gasteiger partial charge in [0, 0.05) is 6.21 Å². The van der Waals surface area contributed by atoms with Gasteiger partial charge in [0.25, 0.3) is 0 Å². The minimum atomic E-state index is 0.270. The van der Waals surface area contributed by atoms with Crippen molar-refractivity contribution in [2.45, 2.75) is 45.6 Å². The van der Waals surface area contributed by atoms with Gasteiger partial charge in [-0.2, -0.15) is 0 Å². The molecule has 1 rings (SSSR count). The first-order valence-corrected chi connectivity index (χ1v) is 4.52. The maximum atomic E-state index is 5.17. The van der Waals surface area contributed by atoms with E-state index >= 15 is 0 Å². The number of hydrogen-bond donors (Lipinski definition) is 0. The Hall–Kier alpha value is -0.530. The number of hydrogen-bond acceptors (Lipinski definition) is 2. The molecule has 0 saturated heterocycles. The van der Waals surface area contributed by atoms with Gasteiger partial charge in [-0.15, -0.1) is 0 Å². The van der Waals surface area contributed by atoms with Gasteiger partial charge in [0.15, 0.2) is 0 Å². The predicted octanol–water partition coefficient (Wildman–Crippen LogP) is 2.59. The Morgan fingerprint density at radius 3 is 2.82 bits per heavy atom. The summed E-state index contributed by atoms with van der Waals surface area (Å²) in [5.74, 6) is 0.707. The molecule has 1 fully saturated rings. The van der Waals surface area contributed by atoms with E-state index in [1.807, 2.05) is 13.1 Å². The molecule has 0 spiro atoms. The second-order valence-corrected chi connectivity index (χ2v) is 3.27. The summed E-state index contributed by atoms with van der Waals surface area (Å²) in [6, 6.07) is 0. The van der Waals surface area contributed by atoms with Gasteiger partial charge in [-0.05, 0) is 32.1 Å². The van der Waals surface area contributed by atoms with E-state index in [4.69, 9.17) is 4.84 Å². The van der Waals surface area contributed by atoms with Gasteiger partial charge in [-0.3, -0.25) is 0 Å². The lowest BCUT2D eigenvalue weighted by Crippen LogP contribution is -2.12. The van der Waals surface area contributed by atoms with Crippen molar-refractivity contribution in [2.75, 3.05) is 0 Å². The summed E-state index contributed by atoms with van der Waals surface area (Å²) >= 11 is 0. The van der Waals surface area contributed by atoms with Crippen molar-refractivity contribution in [3.63, 3.8) is 0 Å². The largest absolute Gasteiger partial charge is 0.393 e. The zero-order chi connectivity index (χ0) is 8.10. The van der Waals surface area contributed by atoms with Crippen LogP contribution in [0.4, 0.5) is 0 Å². The molecule has 1 unspecified atom stereocenters. The molecule has 0 aromatic carbocycles. The Kier molecular flexibility index (Phi) is 3.40. The normalized spacial score (nSPS) is 21.6. The molecular formula is C9H17NO. The predicted molar refractivity (Wildman–Crippen MR) is 46.7 cm³/mol. The zero-order valence-corrected chi connectivity index (χ0v) is 7.42. The second-order valence-electron chi connectivity index (χ2n) is 3.27. The van der Waals surface area contributed by atoms with Crippen LogP contribution in [0, 0.1) is 5.92 Å². The Balaban J connectivity index is 2.04. The van der Waals surface area contributed by atoms with Crippen LogP contribution in [0.25, 0.3) is 0 Å². The molecule has 0 bridgehead atoms. The summed E-state index contributed by atoms with van der Waals surface area (Å²) in [5, 5.41) is 3.94. The molecule has 1 aliphatic rings. The monoisotopic (exact) mass is 155 g/mol. The van der Waals surface area contributed by atoms with Crippen molar-refractivity contribution in [3.8, 4) is 0 Å². The van der Waals surface area contributed by atoms with E-state index in [0.29, 0.717) is 5.92 Å². The van der Waals surface area contributed by atoms with Crippen LogP contribution in [0.5, 0.6) is 0 Å². The maximum Gasteiger partial charge on any atom is 0.124 e. The summed E-state index contributed by atoms with van der Waals surface area (Å²) < 4.78 is 0. The number of oxime groups is 1. The number of rotatable bonds is 4.